The predicted molar refractivity (Wildman–Crippen MR) is 83.1 cm³/mol. The Morgan fingerprint density at radius 2 is 1.96 bits per heavy atom. The molecule has 0 aliphatic rings. The number of benzene rings is 1. The second kappa shape index (κ2) is 6.54. The molecule has 0 bridgehead atoms. The number of hydrogen-bond acceptors (Lipinski definition) is 5. The third-order valence-corrected chi connectivity index (χ3v) is 2.75. The Kier molecular flexibility index (Phi) is 4.11. The second-order valence-electron chi connectivity index (χ2n) is 4.52. The van der Waals surface area contributed by atoms with Crippen molar-refractivity contribution in [1.29, 1.82) is 0 Å². The molecule has 0 aliphatic heterocycles. The Hall–Kier alpha value is -3.46. The van der Waals surface area contributed by atoms with Crippen LogP contribution in [-0.2, 0) is 0 Å². The quantitative estimate of drug-likeness (QED) is 0.737. The molecule has 0 fully saturated rings. The fourth-order valence-corrected chi connectivity index (χ4v) is 1.82. The largest absolute Gasteiger partial charge is 0.456 e. The number of hydrogen-bond donors (Lipinski definition) is 1. The molecule has 0 saturated carbocycles. The van der Waals surface area contributed by atoms with Gasteiger partial charge in [0, 0.05) is 24.0 Å². The predicted octanol–water partition coefficient (Wildman–Crippen LogP) is 2.79. The minimum atomic E-state index is -0.446. The fourth-order valence-electron chi connectivity index (χ4n) is 1.82. The number of pyridine rings is 1. The van der Waals surface area contributed by atoms with E-state index in [1.807, 2.05) is 0 Å². The minimum Gasteiger partial charge on any atom is -0.456 e. The van der Waals surface area contributed by atoms with Crippen LogP contribution in [0.2, 0.25) is 0 Å². The summed E-state index contributed by atoms with van der Waals surface area (Å²) in [7, 11) is 0. The molecule has 0 atom stereocenters. The fraction of sp³-hybridized carbons (Fsp3) is 0. The first-order valence-electron chi connectivity index (χ1n) is 6.68. The summed E-state index contributed by atoms with van der Waals surface area (Å²) in [4.78, 5) is 11.7. The molecule has 3 aromatic rings. The zero-order valence-corrected chi connectivity index (χ0v) is 11.9. The number of nitrogen functional groups attached to an aromatic ring is 1. The first-order chi connectivity index (χ1) is 11.2. The molecule has 2 N–H and O–H groups in total. The molecule has 112 valence electrons. The summed E-state index contributed by atoms with van der Waals surface area (Å²) >= 11 is 0. The second-order valence-corrected chi connectivity index (χ2v) is 4.52. The molecule has 2 aromatic heterocycles. The van der Waals surface area contributed by atoms with Crippen molar-refractivity contribution in [2.45, 2.75) is 0 Å². The monoisotopic (exact) mass is 306 g/mol. The Morgan fingerprint density at radius 3 is 2.74 bits per heavy atom. The van der Waals surface area contributed by atoms with Crippen molar-refractivity contribution in [3.63, 3.8) is 0 Å². The molecule has 0 spiro atoms. The summed E-state index contributed by atoms with van der Waals surface area (Å²) in [6, 6.07) is 9.31. The van der Waals surface area contributed by atoms with Crippen molar-refractivity contribution in [3.8, 4) is 23.3 Å². The zero-order valence-electron chi connectivity index (χ0n) is 11.9. The highest BCUT2D eigenvalue weighted by Gasteiger charge is 2.02. The smallest absolute Gasteiger partial charge is 0.221 e. The minimum absolute atomic E-state index is 0.136. The molecule has 0 amide bonds. The van der Waals surface area contributed by atoms with Crippen LogP contribution in [-0.4, -0.2) is 15.0 Å². The normalized spacial score (nSPS) is 9.78. The molecule has 0 radical (unpaired) electrons. The van der Waals surface area contributed by atoms with Crippen LogP contribution in [0.3, 0.4) is 0 Å². The van der Waals surface area contributed by atoms with Crippen molar-refractivity contribution >= 4 is 5.95 Å². The van der Waals surface area contributed by atoms with E-state index in [0.717, 1.165) is 0 Å². The van der Waals surface area contributed by atoms with Crippen LogP contribution in [0.15, 0.2) is 55.0 Å². The summed E-state index contributed by atoms with van der Waals surface area (Å²) in [5.74, 6) is 6.17. The highest BCUT2D eigenvalue weighted by atomic mass is 19.1. The van der Waals surface area contributed by atoms with Crippen LogP contribution in [0, 0.1) is 17.7 Å². The zero-order chi connectivity index (χ0) is 16.1. The summed E-state index contributed by atoms with van der Waals surface area (Å²) in [6.45, 7) is 0. The first-order valence-corrected chi connectivity index (χ1v) is 6.68. The van der Waals surface area contributed by atoms with Crippen LogP contribution >= 0.6 is 0 Å². The molecule has 2 heterocycles. The van der Waals surface area contributed by atoms with E-state index in [-0.39, 0.29) is 5.95 Å². The molecule has 0 aliphatic carbocycles. The highest BCUT2D eigenvalue weighted by molar-refractivity contribution is 5.45. The van der Waals surface area contributed by atoms with E-state index in [0.29, 0.717) is 22.8 Å². The lowest BCUT2D eigenvalue weighted by atomic mass is 10.2. The molecule has 6 heteroatoms. The van der Waals surface area contributed by atoms with Gasteiger partial charge in [-0.15, -0.1) is 0 Å². The number of halogens is 1. The Morgan fingerprint density at radius 1 is 1.04 bits per heavy atom. The van der Waals surface area contributed by atoms with Crippen molar-refractivity contribution in [2.75, 3.05) is 5.73 Å². The van der Waals surface area contributed by atoms with Gasteiger partial charge < -0.3 is 10.5 Å². The topological polar surface area (TPSA) is 73.9 Å². The molecule has 0 unspecified atom stereocenters. The first kappa shape index (κ1) is 14.5. The van der Waals surface area contributed by atoms with Gasteiger partial charge in [-0.25, -0.2) is 14.4 Å². The number of anilines is 1. The number of aromatic nitrogens is 3. The van der Waals surface area contributed by atoms with E-state index in [1.165, 1.54) is 18.3 Å². The van der Waals surface area contributed by atoms with E-state index in [1.54, 1.807) is 36.7 Å². The third-order valence-electron chi connectivity index (χ3n) is 2.75. The number of rotatable bonds is 2. The lowest BCUT2D eigenvalue weighted by Gasteiger charge is -2.05. The summed E-state index contributed by atoms with van der Waals surface area (Å²) < 4.78 is 19.3. The van der Waals surface area contributed by atoms with Crippen LogP contribution in [0.4, 0.5) is 10.3 Å². The molecule has 23 heavy (non-hydrogen) atoms. The van der Waals surface area contributed by atoms with Crippen molar-refractivity contribution in [1.82, 2.24) is 15.0 Å². The highest BCUT2D eigenvalue weighted by Crippen LogP contribution is 2.22. The maximum Gasteiger partial charge on any atom is 0.221 e. The van der Waals surface area contributed by atoms with Crippen LogP contribution < -0.4 is 10.5 Å². The van der Waals surface area contributed by atoms with Crippen molar-refractivity contribution < 1.29 is 9.13 Å². The number of nitrogens with two attached hydrogens (primary N) is 1. The third kappa shape index (κ3) is 4.02. The van der Waals surface area contributed by atoms with E-state index < -0.39 is 5.82 Å². The standard InChI is InChI=1S/C17H11FN4O/c18-13-8-12(3-4-14-5-7-21-17(19)22-14)9-16(10-13)23-15-2-1-6-20-11-15/h1-2,5-11H,(H2,19,21,22). The van der Waals surface area contributed by atoms with Gasteiger partial charge in [0.15, 0.2) is 0 Å². The van der Waals surface area contributed by atoms with E-state index >= 15 is 0 Å². The van der Waals surface area contributed by atoms with Gasteiger partial charge in [-0.3, -0.25) is 4.98 Å². The van der Waals surface area contributed by atoms with Gasteiger partial charge in [0.05, 0.1) is 6.20 Å². The lowest BCUT2D eigenvalue weighted by Crippen LogP contribution is -1.95. The Balaban J connectivity index is 1.86. The van der Waals surface area contributed by atoms with Crippen molar-refractivity contribution in [2.24, 2.45) is 0 Å². The molecule has 3 rings (SSSR count). The van der Waals surface area contributed by atoms with Gasteiger partial charge >= 0.3 is 0 Å². The molecule has 0 saturated heterocycles. The van der Waals surface area contributed by atoms with Crippen LogP contribution in [0.5, 0.6) is 11.5 Å². The molecular weight excluding hydrogens is 295 g/mol. The molecule has 5 nitrogen and oxygen atoms in total. The molecule has 1 aromatic carbocycles. The number of nitrogens with zero attached hydrogens (tertiary/aromatic N) is 3. The lowest BCUT2D eigenvalue weighted by molar-refractivity contribution is 0.474. The Bertz CT molecular complexity index is 888. The Labute approximate surface area is 132 Å². The van der Waals surface area contributed by atoms with E-state index in [4.69, 9.17) is 10.5 Å². The van der Waals surface area contributed by atoms with Gasteiger partial charge in [-0.1, -0.05) is 5.92 Å². The maximum absolute atomic E-state index is 13.7. The summed E-state index contributed by atoms with van der Waals surface area (Å²) in [5, 5.41) is 0. The molecular formula is C17H11FN4O. The SMILES string of the molecule is Nc1nccc(C#Cc2cc(F)cc(Oc3cccnc3)c2)n1. The summed E-state index contributed by atoms with van der Waals surface area (Å²) in [6.07, 6.45) is 4.68. The van der Waals surface area contributed by atoms with E-state index in [2.05, 4.69) is 26.8 Å². The number of ether oxygens (including phenoxy) is 1. The van der Waals surface area contributed by atoms with Gasteiger partial charge in [-0.05, 0) is 36.3 Å². The van der Waals surface area contributed by atoms with Gasteiger partial charge in [0.1, 0.15) is 23.0 Å². The maximum atomic E-state index is 13.7. The average Bonchev–Trinajstić information content (AvgIpc) is 2.53. The summed E-state index contributed by atoms with van der Waals surface area (Å²) in [5.41, 5.74) is 6.40. The van der Waals surface area contributed by atoms with Crippen LogP contribution in [0.25, 0.3) is 0 Å². The van der Waals surface area contributed by atoms with E-state index in [9.17, 15) is 4.39 Å². The van der Waals surface area contributed by atoms with Gasteiger partial charge in [0.2, 0.25) is 5.95 Å². The van der Waals surface area contributed by atoms with Gasteiger partial charge in [0.25, 0.3) is 0 Å². The van der Waals surface area contributed by atoms with Crippen LogP contribution in [0.1, 0.15) is 11.3 Å². The van der Waals surface area contributed by atoms with Gasteiger partial charge in [-0.2, -0.15) is 0 Å². The van der Waals surface area contributed by atoms with Crippen molar-refractivity contribution in [3.05, 3.63) is 72.1 Å². The average molecular weight is 306 g/mol.